The zero-order valence-corrected chi connectivity index (χ0v) is 8.79. The molecule has 0 aliphatic carbocycles. The summed E-state index contributed by atoms with van der Waals surface area (Å²) in [6.45, 7) is 1.55. The fourth-order valence-corrected chi connectivity index (χ4v) is 1.20. The number of aryl methyl sites for hydroxylation is 1. The van der Waals surface area contributed by atoms with Gasteiger partial charge in [0.25, 0.3) is 5.91 Å². The van der Waals surface area contributed by atoms with Gasteiger partial charge in [-0.25, -0.2) is 4.39 Å². The van der Waals surface area contributed by atoms with Crippen LogP contribution in [0.25, 0.3) is 0 Å². The van der Waals surface area contributed by atoms with Gasteiger partial charge in [-0.3, -0.25) is 9.59 Å². The van der Waals surface area contributed by atoms with Crippen LogP contribution in [-0.2, 0) is 4.79 Å². The van der Waals surface area contributed by atoms with Crippen LogP contribution in [0.3, 0.4) is 0 Å². The van der Waals surface area contributed by atoms with E-state index >= 15 is 0 Å². The van der Waals surface area contributed by atoms with Gasteiger partial charge < -0.3 is 10.4 Å². The molecule has 0 fully saturated rings. The van der Waals surface area contributed by atoms with Crippen molar-refractivity contribution in [1.29, 1.82) is 0 Å². The minimum atomic E-state index is -1.01. The molecule has 5 heteroatoms. The molecular formula is C11H12FNO3. The van der Waals surface area contributed by atoms with Crippen LogP contribution in [0.5, 0.6) is 0 Å². The number of halogens is 1. The molecule has 0 aliphatic rings. The van der Waals surface area contributed by atoms with Crippen LogP contribution in [0.2, 0.25) is 0 Å². The highest BCUT2D eigenvalue weighted by Crippen LogP contribution is 2.11. The first-order valence-electron chi connectivity index (χ1n) is 4.77. The molecule has 0 unspecified atom stereocenters. The van der Waals surface area contributed by atoms with Crippen molar-refractivity contribution in [2.24, 2.45) is 0 Å². The van der Waals surface area contributed by atoms with Crippen molar-refractivity contribution in [2.45, 2.75) is 13.3 Å². The van der Waals surface area contributed by atoms with Gasteiger partial charge in [0, 0.05) is 6.54 Å². The molecule has 1 amide bonds. The summed E-state index contributed by atoms with van der Waals surface area (Å²) >= 11 is 0. The molecule has 4 nitrogen and oxygen atoms in total. The predicted molar refractivity (Wildman–Crippen MR) is 55.7 cm³/mol. The maximum absolute atomic E-state index is 13.5. The number of amides is 1. The molecule has 0 bridgehead atoms. The molecule has 0 saturated carbocycles. The zero-order valence-electron chi connectivity index (χ0n) is 8.79. The van der Waals surface area contributed by atoms with Crippen LogP contribution < -0.4 is 5.32 Å². The monoisotopic (exact) mass is 225 g/mol. The number of benzene rings is 1. The van der Waals surface area contributed by atoms with Crippen molar-refractivity contribution in [3.8, 4) is 0 Å². The average Bonchev–Trinajstić information content (AvgIpc) is 2.21. The Morgan fingerprint density at radius 3 is 2.75 bits per heavy atom. The van der Waals surface area contributed by atoms with E-state index in [-0.39, 0.29) is 18.5 Å². The molecule has 0 spiro atoms. The van der Waals surface area contributed by atoms with E-state index in [1.807, 2.05) is 0 Å². The predicted octanol–water partition coefficient (Wildman–Crippen LogP) is 1.34. The average molecular weight is 225 g/mol. The summed E-state index contributed by atoms with van der Waals surface area (Å²) in [6, 6.07) is 4.49. The molecule has 16 heavy (non-hydrogen) atoms. The van der Waals surface area contributed by atoms with Gasteiger partial charge in [-0.1, -0.05) is 12.1 Å². The van der Waals surface area contributed by atoms with Crippen LogP contribution in [0.15, 0.2) is 18.2 Å². The van der Waals surface area contributed by atoms with Crippen LogP contribution in [0.4, 0.5) is 4.39 Å². The number of carboxylic acid groups (broad SMARTS) is 1. The number of carboxylic acids is 1. The number of carbonyl (C=O) groups excluding carboxylic acids is 1. The minimum absolute atomic E-state index is 0.0124. The molecule has 0 saturated heterocycles. The van der Waals surface area contributed by atoms with Crippen molar-refractivity contribution < 1.29 is 19.1 Å². The van der Waals surface area contributed by atoms with Crippen LogP contribution in [-0.4, -0.2) is 23.5 Å². The SMILES string of the molecule is Cc1cccc(C(=O)NCCC(=O)O)c1F. The molecule has 2 N–H and O–H groups in total. The van der Waals surface area contributed by atoms with Gasteiger partial charge in [-0.15, -0.1) is 0 Å². The Kier molecular flexibility index (Phi) is 3.99. The van der Waals surface area contributed by atoms with Gasteiger partial charge in [0.05, 0.1) is 12.0 Å². The Morgan fingerprint density at radius 2 is 2.12 bits per heavy atom. The van der Waals surface area contributed by atoms with E-state index in [1.54, 1.807) is 19.1 Å². The summed E-state index contributed by atoms with van der Waals surface area (Å²) in [5.41, 5.74) is 0.316. The van der Waals surface area contributed by atoms with Gasteiger partial charge in [0.1, 0.15) is 5.82 Å². The zero-order chi connectivity index (χ0) is 12.1. The summed E-state index contributed by atoms with van der Waals surface area (Å²) in [5.74, 6) is -2.18. The first kappa shape index (κ1) is 12.2. The van der Waals surface area contributed by atoms with Gasteiger partial charge >= 0.3 is 5.97 Å². The Labute approximate surface area is 92.1 Å². The van der Waals surface area contributed by atoms with E-state index in [4.69, 9.17) is 5.11 Å². The van der Waals surface area contributed by atoms with Crippen molar-refractivity contribution in [2.75, 3.05) is 6.54 Å². The smallest absolute Gasteiger partial charge is 0.305 e. The van der Waals surface area contributed by atoms with Crippen molar-refractivity contribution in [1.82, 2.24) is 5.32 Å². The second-order valence-corrected chi connectivity index (χ2v) is 3.34. The highest BCUT2D eigenvalue weighted by Gasteiger charge is 2.12. The van der Waals surface area contributed by atoms with E-state index in [9.17, 15) is 14.0 Å². The van der Waals surface area contributed by atoms with Crippen LogP contribution >= 0.6 is 0 Å². The summed E-state index contributed by atoms with van der Waals surface area (Å²) in [7, 11) is 0. The molecule has 0 aromatic heterocycles. The van der Waals surface area contributed by atoms with Crippen molar-refractivity contribution in [3.63, 3.8) is 0 Å². The molecule has 86 valence electrons. The number of aliphatic carboxylic acids is 1. The largest absolute Gasteiger partial charge is 0.481 e. The summed E-state index contributed by atoms with van der Waals surface area (Å²) in [4.78, 5) is 21.7. The van der Waals surface area contributed by atoms with Crippen molar-refractivity contribution in [3.05, 3.63) is 35.1 Å². The Hall–Kier alpha value is -1.91. The topological polar surface area (TPSA) is 66.4 Å². The standard InChI is InChI=1S/C11H12FNO3/c1-7-3-2-4-8(10(7)12)11(16)13-6-5-9(14)15/h2-4H,5-6H2,1H3,(H,13,16)(H,14,15). The first-order valence-corrected chi connectivity index (χ1v) is 4.77. The molecule has 0 atom stereocenters. The molecule has 1 aromatic carbocycles. The maximum Gasteiger partial charge on any atom is 0.305 e. The lowest BCUT2D eigenvalue weighted by Crippen LogP contribution is -2.27. The number of rotatable bonds is 4. The summed E-state index contributed by atoms with van der Waals surface area (Å²) < 4.78 is 13.5. The Balaban J connectivity index is 2.66. The van der Waals surface area contributed by atoms with Crippen molar-refractivity contribution >= 4 is 11.9 Å². The number of nitrogens with one attached hydrogen (secondary N) is 1. The van der Waals surface area contributed by atoms with Crippen LogP contribution in [0, 0.1) is 12.7 Å². The van der Waals surface area contributed by atoms with E-state index in [2.05, 4.69) is 5.32 Å². The number of hydrogen-bond acceptors (Lipinski definition) is 2. The number of carbonyl (C=O) groups is 2. The van der Waals surface area contributed by atoms with Crippen LogP contribution in [0.1, 0.15) is 22.3 Å². The van der Waals surface area contributed by atoms with Gasteiger partial charge in [0.2, 0.25) is 0 Å². The molecular weight excluding hydrogens is 213 g/mol. The molecule has 0 heterocycles. The minimum Gasteiger partial charge on any atom is -0.481 e. The quantitative estimate of drug-likeness (QED) is 0.812. The maximum atomic E-state index is 13.5. The summed E-state index contributed by atoms with van der Waals surface area (Å²) in [5, 5.41) is 10.7. The lowest BCUT2D eigenvalue weighted by Gasteiger charge is -2.05. The van der Waals surface area contributed by atoms with Gasteiger partial charge in [-0.2, -0.15) is 0 Å². The molecule has 0 aliphatic heterocycles. The van der Waals surface area contributed by atoms with E-state index in [0.29, 0.717) is 5.56 Å². The van der Waals surface area contributed by atoms with E-state index in [1.165, 1.54) is 6.07 Å². The third-order valence-corrected chi connectivity index (χ3v) is 2.06. The highest BCUT2D eigenvalue weighted by atomic mass is 19.1. The van der Waals surface area contributed by atoms with Gasteiger partial charge in [-0.05, 0) is 18.6 Å². The normalized spacial score (nSPS) is 9.88. The lowest BCUT2D eigenvalue weighted by molar-refractivity contribution is -0.136. The Morgan fingerprint density at radius 1 is 1.44 bits per heavy atom. The highest BCUT2D eigenvalue weighted by molar-refractivity contribution is 5.94. The fraction of sp³-hybridized carbons (Fsp3) is 0.273. The van der Waals surface area contributed by atoms with E-state index < -0.39 is 17.7 Å². The van der Waals surface area contributed by atoms with Gasteiger partial charge in [0.15, 0.2) is 0 Å². The lowest BCUT2D eigenvalue weighted by atomic mass is 10.1. The molecule has 1 rings (SSSR count). The third-order valence-electron chi connectivity index (χ3n) is 2.06. The third kappa shape index (κ3) is 3.05. The first-order chi connectivity index (χ1) is 7.52. The fourth-order valence-electron chi connectivity index (χ4n) is 1.20. The molecule has 1 aromatic rings. The second-order valence-electron chi connectivity index (χ2n) is 3.34. The number of hydrogen-bond donors (Lipinski definition) is 2. The second kappa shape index (κ2) is 5.25. The molecule has 0 radical (unpaired) electrons. The van der Waals surface area contributed by atoms with E-state index in [0.717, 1.165) is 0 Å². The Bertz CT molecular complexity index is 418. The summed E-state index contributed by atoms with van der Waals surface area (Å²) in [6.07, 6.45) is -0.181.